The van der Waals surface area contributed by atoms with Crippen LogP contribution in [0.2, 0.25) is 0 Å². The van der Waals surface area contributed by atoms with Crippen LogP contribution in [0, 0.1) is 5.82 Å². The molecule has 1 aromatic rings. The molecular formula is C12H17FN2O2. The summed E-state index contributed by atoms with van der Waals surface area (Å²) in [4.78, 5) is 11.4. The number of para-hydroxylation sites is 1. The lowest BCUT2D eigenvalue weighted by molar-refractivity contribution is 0.0523. The highest BCUT2D eigenvalue weighted by molar-refractivity contribution is 5.68. The van der Waals surface area contributed by atoms with Gasteiger partial charge in [0.1, 0.15) is 11.4 Å². The summed E-state index contributed by atoms with van der Waals surface area (Å²) in [5, 5.41) is 2.52. The molecule has 1 rings (SSSR count). The van der Waals surface area contributed by atoms with E-state index in [4.69, 9.17) is 10.5 Å². The molecule has 0 aliphatic heterocycles. The number of amides is 1. The average Bonchev–Trinajstić information content (AvgIpc) is 2.18. The Kier molecular flexibility index (Phi) is 3.93. The number of hydrogen-bond donors (Lipinski definition) is 2. The van der Waals surface area contributed by atoms with Crippen molar-refractivity contribution in [2.45, 2.75) is 32.9 Å². The van der Waals surface area contributed by atoms with Crippen molar-refractivity contribution < 1.29 is 13.9 Å². The molecule has 0 radical (unpaired) electrons. The van der Waals surface area contributed by atoms with Gasteiger partial charge >= 0.3 is 6.09 Å². The zero-order valence-corrected chi connectivity index (χ0v) is 10.2. The van der Waals surface area contributed by atoms with Gasteiger partial charge in [-0.2, -0.15) is 0 Å². The Labute approximate surface area is 100.0 Å². The van der Waals surface area contributed by atoms with Crippen molar-refractivity contribution in [1.82, 2.24) is 5.32 Å². The Morgan fingerprint density at radius 3 is 2.71 bits per heavy atom. The van der Waals surface area contributed by atoms with Crippen LogP contribution in [0.1, 0.15) is 26.3 Å². The van der Waals surface area contributed by atoms with Gasteiger partial charge in [-0.05, 0) is 32.4 Å². The molecule has 94 valence electrons. The maximum Gasteiger partial charge on any atom is 0.407 e. The molecule has 0 aliphatic rings. The molecule has 4 nitrogen and oxygen atoms in total. The molecule has 0 aromatic heterocycles. The number of hydrogen-bond acceptors (Lipinski definition) is 3. The molecule has 0 spiro atoms. The Hall–Kier alpha value is -1.78. The molecule has 1 aromatic carbocycles. The Morgan fingerprint density at radius 1 is 1.47 bits per heavy atom. The first-order valence-corrected chi connectivity index (χ1v) is 5.29. The van der Waals surface area contributed by atoms with E-state index in [-0.39, 0.29) is 12.2 Å². The second kappa shape index (κ2) is 5.03. The summed E-state index contributed by atoms with van der Waals surface area (Å²) in [7, 11) is 0. The number of halogens is 1. The van der Waals surface area contributed by atoms with Crippen molar-refractivity contribution in [3.8, 4) is 0 Å². The van der Waals surface area contributed by atoms with E-state index < -0.39 is 17.5 Å². The second-order valence-corrected chi connectivity index (χ2v) is 4.67. The third-order valence-electron chi connectivity index (χ3n) is 1.97. The lowest BCUT2D eigenvalue weighted by Crippen LogP contribution is -2.32. The highest BCUT2D eigenvalue weighted by Gasteiger charge is 2.16. The molecule has 0 heterocycles. The van der Waals surface area contributed by atoms with E-state index in [9.17, 15) is 9.18 Å². The fraction of sp³-hybridized carbons (Fsp3) is 0.417. The van der Waals surface area contributed by atoms with Crippen LogP contribution in [0.15, 0.2) is 18.2 Å². The van der Waals surface area contributed by atoms with E-state index in [1.807, 2.05) is 0 Å². The SMILES string of the molecule is CC(C)(C)OC(=O)NCc1cccc(F)c1N. The first kappa shape index (κ1) is 13.3. The lowest BCUT2D eigenvalue weighted by atomic mass is 10.2. The summed E-state index contributed by atoms with van der Waals surface area (Å²) < 4.78 is 18.2. The zero-order chi connectivity index (χ0) is 13.1. The molecule has 0 aliphatic carbocycles. The fourth-order valence-corrected chi connectivity index (χ4v) is 1.22. The number of carbonyl (C=O) groups excluding carboxylic acids is 1. The molecule has 0 saturated heterocycles. The topological polar surface area (TPSA) is 64.3 Å². The minimum Gasteiger partial charge on any atom is -0.444 e. The fourth-order valence-electron chi connectivity index (χ4n) is 1.22. The highest BCUT2D eigenvalue weighted by Crippen LogP contribution is 2.15. The molecular weight excluding hydrogens is 223 g/mol. The van der Waals surface area contributed by atoms with Crippen LogP contribution in [0.25, 0.3) is 0 Å². The summed E-state index contributed by atoms with van der Waals surface area (Å²) in [5.74, 6) is -0.492. The Morgan fingerprint density at radius 2 is 2.12 bits per heavy atom. The molecule has 0 saturated carbocycles. The van der Waals surface area contributed by atoms with Gasteiger partial charge in [-0.15, -0.1) is 0 Å². The molecule has 17 heavy (non-hydrogen) atoms. The average molecular weight is 240 g/mol. The van der Waals surface area contributed by atoms with Crippen LogP contribution >= 0.6 is 0 Å². The van der Waals surface area contributed by atoms with Gasteiger partial charge in [0.25, 0.3) is 0 Å². The van der Waals surface area contributed by atoms with E-state index in [2.05, 4.69) is 5.32 Å². The third kappa shape index (κ3) is 4.30. The van der Waals surface area contributed by atoms with Crippen LogP contribution in [-0.4, -0.2) is 11.7 Å². The van der Waals surface area contributed by atoms with Gasteiger partial charge in [-0.3, -0.25) is 0 Å². The number of anilines is 1. The van der Waals surface area contributed by atoms with Crippen molar-refractivity contribution in [2.24, 2.45) is 0 Å². The first-order valence-electron chi connectivity index (χ1n) is 5.29. The summed E-state index contributed by atoms with van der Waals surface area (Å²) in [5.41, 5.74) is 5.54. The highest BCUT2D eigenvalue weighted by atomic mass is 19.1. The monoisotopic (exact) mass is 240 g/mol. The number of ether oxygens (including phenoxy) is 1. The molecule has 3 N–H and O–H groups in total. The number of rotatable bonds is 2. The second-order valence-electron chi connectivity index (χ2n) is 4.67. The summed E-state index contributed by atoms with van der Waals surface area (Å²) in [6.45, 7) is 5.44. The normalized spacial score (nSPS) is 11.1. The van der Waals surface area contributed by atoms with Crippen LogP contribution in [0.3, 0.4) is 0 Å². The van der Waals surface area contributed by atoms with Gasteiger partial charge in [0, 0.05) is 6.54 Å². The summed E-state index contributed by atoms with van der Waals surface area (Å²) in [6.07, 6.45) is -0.554. The maximum atomic E-state index is 13.1. The van der Waals surface area contributed by atoms with E-state index in [0.29, 0.717) is 5.56 Å². The standard InChI is InChI=1S/C12H17FN2O2/c1-12(2,3)17-11(16)15-7-8-5-4-6-9(13)10(8)14/h4-6H,7,14H2,1-3H3,(H,15,16). The predicted molar refractivity (Wildman–Crippen MR) is 63.9 cm³/mol. The number of nitrogen functional groups attached to an aromatic ring is 1. The molecule has 1 amide bonds. The Bertz CT molecular complexity index is 413. The van der Waals surface area contributed by atoms with Gasteiger partial charge in [0.2, 0.25) is 0 Å². The van der Waals surface area contributed by atoms with Crippen LogP contribution in [0.5, 0.6) is 0 Å². The van der Waals surface area contributed by atoms with Crippen molar-refractivity contribution in [3.05, 3.63) is 29.6 Å². The number of benzene rings is 1. The van der Waals surface area contributed by atoms with Gasteiger partial charge in [-0.1, -0.05) is 12.1 Å². The maximum absolute atomic E-state index is 13.1. The number of carbonyl (C=O) groups is 1. The minimum atomic E-state index is -0.558. The predicted octanol–water partition coefficient (Wildman–Crippen LogP) is 2.43. The van der Waals surface area contributed by atoms with Crippen LogP contribution in [0.4, 0.5) is 14.9 Å². The third-order valence-corrected chi connectivity index (χ3v) is 1.97. The molecule has 0 unspecified atom stereocenters. The lowest BCUT2D eigenvalue weighted by Gasteiger charge is -2.19. The van der Waals surface area contributed by atoms with Crippen LogP contribution < -0.4 is 11.1 Å². The largest absolute Gasteiger partial charge is 0.444 e. The van der Waals surface area contributed by atoms with Gasteiger partial charge in [0.05, 0.1) is 5.69 Å². The van der Waals surface area contributed by atoms with Crippen LogP contribution in [-0.2, 0) is 11.3 Å². The quantitative estimate of drug-likeness (QED) is 0.780. The van der Waals surface area contributed by atoms with Crippen molar-refractivity contribution >= 4 is 11.8 Å². The van der Waals surface area contributed by atoms with Gasteiger partial charge in [-0.25, -0.2) is 9.18 Å². The number of alkyl carbamates (subject to hydrolysis) is 1. The van der Waals surface area contributed by atoms with E-state index >= 15 is 0 Å². The van der Waals surface area contributed by atoms with Crippen molar-refractivity contribution in [1.29, 1.82) is 0 Å². The number of nitrogens with one attached hydrogen (secondary N) is 1. The molecule has 5 heteroatoms. The number of nitrogens with two attached hydrogens (primary N) is 1. The van der Waals surface area contributed by atoms with E-state index in [0.717, 1.165) is 0 Å². The molecule has 0 bridgehead atoms. The van der Waals surface area contributed by atoms with E-state index in [1.54, 1.807) is 26.8 Å². The molecule has 0 atom stereocenters. The van der Waals surface area contributed by atoms with Gasteiger partial charge in [0.15, 0.2) is 0 Å². The van der Waals surface area contributed by atoms with Crippen molar-refractivity contribution in [3.63, 3.8) is 0 Å². The van der Waals surface area contributed by atoms with Crippen molar-refractivity contribution in [2.75, 3.05) is 5.73 Å². The van der Waals surface area contributed by atoms with Gasteiger partial charge < -0.3 is 15.8 Å². The zero-order valence-electron chi connectivity index (χ0n) is 10.2. The minimum absolute atomic E-state index is 0.0450. The summed E-state index contributed by atoms with van der Waals surface area (Å²) in [6, 6.07) is 4.46. The Balaban J connectivity index is 2.56. The summed E-state index contributed by atoms with van der Waals surface area (Å²) >= 11 is 0. The first-order chi connectivity index (χ1) is 7.79. The van der Waals surface area contributed by atoms with E-state index in [1.165, 1.54) is 12.1 Å². The molecule has 0 fully saturated rings. The smallest absolute Gasteiger partial charge is 0.407 e.